The number of rotatable bonds is 4. The molecule has 0 saturated carbocycles. The molecular weight excluding hydrogens is 407 g/mol. The van der Waals surface area contributed by atoms with Gasteiger partial charge in [-0.15, -0.1) is 11.3 Å². The lowest BCUT2D eigenvalue weighted by Crippen LogP contribution is -2.19. The zero-order chi connectivity index (χ0) is 21.3. The maximum Gasteiger partial charge on any atom is 0.348 e. The highest BCUT2D eigenvalue weighted by molar-refractivity contribution is 7.18. The number of amides is 1. The number of benzene rings is 1. The highest BCUT2D eigenvalue weighted by Crippen LogP contribution is 2.34. The van der Waals surface area contributed by atoms with Crippen molar-refractivity contribution in [2.75, 3.05) is 5.32 Å². The first kappa shape index (κ1) is 21.3. The molecule has 1 aromatic heterocycles. The van der Waals surface area contributed by atoms with Crippen molar-refractivity contribution in [2.24, 2.45) is 0 Å². The summed E-state index contributed by atoms with van der Waals surface area (Å²) in [6.45, 7) is 4.54. The number of hydrogen-bond donors (Lipinski definition) is 1. The average Bonchev–Trinajstić information content (AvgIpc) is 2.93. The molecule has 0 atom stereocenters. The first-order valence-corrected chi connectivity index (χ1v) is 8.40. The number of nitrogens with one attached hydrogen (secondary N) is 1. The summed E-state index contributed by atoms with van der Waals surface area (Å²) in [5.74, 6) is -14.1. The topological polar surface area (TPSA) is 79.2 Å². The molecule has 28 heavy (non-hydrogen) atoms. The summed E-state index contributed by atoms with van der Waals surface area (Å²) in [6, 6.07) is 1.70. The number of nitrogens with zero attached hydrogens (tertiary/aromatic N) is 1. The van der Waals surface area contributed by atoms with Crippen molar-refractivity contribution in [3.8, 4) is 6.07 Å². The highest BCUT2D eigenvalue weighted by Gasteiger charge is 2.31. The molecule has 0 saturated heterocycles. The maximum absolute atomic E-state index is 13.8. The van der Waals surface area contributed by atoms with Crippen molar-refractivity contribution in [1.82, 2.24) is 0 Å². The van der Waals surface area contributed by atoms with E-state index in [1.165, 1.54) is 6.92 Å². The quantitative estimate of drug-likeness (QED) is 0.345. The van der Waals surface area contributed by atoms with E-state index in [0.29, 0.717) is 11.3 Å². The average molecular weight is 418 g/mol. The lowest BCUT2D eigenvalue weighted by molar-refractivity contribution is 0.0383. The van der Waals surface area contributed by atoms with E-state index in [2.05, 4.69) is 0 Å². The molecule has 0 radical (unpaired) electrons. The van der Waals surface area contributed by atoms with Crippen LogP contribution in [0.15, 0.2) is 0 Å². The summed E-state index contributed by atoms with van der Waals surface area (Å²) in [4.78, 5) is 24.1. The smallest absolute Gasteiger partial charge is 0.348 e. The van der Waals surface area contributed by atoms with Crippen LogP contribution in [0.3, 0.4) is 0 Å². The van der Waals surface area contributed by atoms with Crippen LogP contribution in [0.4, 0.5) is 27.0 Å². The molecule has 1 aromatic carbocycles. The van der Waals surface area contributed by atoms with E-state index in [9.17, 15) is 36.8 Å². The summed E-state index contributed by atoms with van der Waals surface area (Å²) in [6.07, 6.45) is -0.481. The summed E-state index contributed by atoms with van der Waals surface area (Å²) in [7, 11) is 0. The summed E-state index contributed by atoms with van der Waals surface area (Å²) < 4.78 is 72.2. The van der Waals surface area contributed by atoms with E-state index >= 15 is 0 Å². The predicted molar refractivity (Wildman–Crippen MR) is 88.5 cm³/mol. The number of esters is 1. The van der Waals surface area contributed by atoms with E-state index in [1.54, 1.807) is 19.9 Å². The number of anilines is 1. The van der Waals surface area contributed by atoms with Gasteiger partial charge in [0.25, 0.3) is 5.91 Å². The van der Waals surface area contributed by atoms with Crippen molar-refractivity contribution in [2.45, 2.75) is 26.9 Å². The molecule has 1 N–H and O–H groups in total. The van der Waals surface area contributed by atoms with Crippen LogP contribution in [0, 0.1) is 47.3 Å². The van der Waals surface area contributed by atoms with Gasteiger partial charge in [0.2, 0.25) is 5.82 Å². The second kappa shape index (κ2) is 7.93. The van der Waals surface area contributed by atoms with Crippen LogP contribution in [0.25, 0.3) is 0 Å². The first-order valence-electron chi connectivity index (χ1n) is 7.58. The van der Waals surface area contributed by atoms with Gasteiger partial charge in [0, 0.05) is 0 Å². The molecule has 1 amide bonds. The Morgan fingerprint density at radius 1 is 1.04 bits per heavy atom. The number of carbonyl (C=O) groups excluding carboxylic acids is 2. The number of thiophene rings is 1. The Labute approximate surface area is 159 Å². The van der Waals surface area contributed by atoms with Crippen molar-refractivity contribution >= 4 is 28.2 Å². The number of nitriles is 1. The third-order valence-electron chi connectivity index (χ3n) is 3.45. The van der Waals surface area contributed by atoms with Crippen molar-refractivity contribution < 1.29 is 36.3 Å². The van der Waals surface area contributed by atoms with E-state index in [4.69, 9.17) is 4.74 Å². The molecule has 0 aliphatic heterocycles. The molecule has 0 aliphatic carbocycles. The zero-order valence-electron chi connectivity index (χ0n) is 14.5. The molecule has 0 fully saturated rings. The minimum absolute atomic E-state index is 0.0574. The zero-order valence-corrected chi connectivity index (χ0v) is 15.4. The lowest BCUT2D eigenvalue weighted by atomic mass is 10.1. The van der Waals surface area contributed by atoms with Crippen molar-refractivity contribution in [1.29, 1.82) is 5.26 Å². The Morgan fingerprint density at radius 2 is 1.54 bits per heavy atom. The Kier molecular flexibility index (Phi) is 6.04. The Balaban J connectivity index is 2.49. The number of halogens is 5. The van der Waals surface area contributed by atoms with Gasteiger partial charge in [-0.1, -0.05) is 0 Å². The summed E-state index contributed by atoms with van der Waals surface area (Å²) >= 11 is 0.572. The van der Waals surface area contributed by atoms with Gasteiger partial charge >= 0.3 is 5.97 Å². The van der Waals surface area contributed by atoms with E-state index in [1.807, 2.05) is 5.32 Å². The fourth-order valence-corrected chi connectivity index (χ4v) is 3.20. The fourth-order valence-electron chi connectivity index (χ4n) is 2.17. The van der Waals surface area contributed by atoms with E-state index < -0.39 is 52.6 Å². The normalized spacial score (nSPS) is 10.7. The lowest BCUT2D eigenvalue weighted by Gasteiger charge is -2.08. The molecule has 2 rings (SSSR count). The van der Waals surface area contributed by atoms with Crippen LogP contribution in [0.2, 0.25) is 0 Å². The van der Waals surface area contributed by atoms with E-state index in [-0.39, 0.29) is 21.0 Å². The molecule has 0 bridgehead atoms. The molecule has 11 heteroatoms. The molecule has 148 valence electrons. The Bertz CT molecular complexity index is 998. The van der Waals surface area contributed by atoms with Gasteiger partial charge < -0.3 is 10.1 Å². The number of hydrogen-bond acceptors (Lipinski definition) is 5. The summed E-state index contributed by atoms with van der Waals surface area (Å²) in [5, 5.41) is 10.8. The monoisotopic (exact) mass is 418 g/mol. The largest absolute Gasteiger partial charge is 0.459 e. The molecule has 0 aliphatic rings. The molecular formula is C17H11F5N2O3S. The van der Waals surface area contributed by atoms with Crippen molar-refractivity contribution in [3.05, 3.63) is 50.7 Å². The van der Waals surface area contributed by atoms with Crippen LogP contribution in [-0.2, 0) is 4.74 Å². The number of carbonyl (C=O) groups is 2. The van der Waals surface area contributed by atoms with Gasteiger partial charge in [0.1, 0.15) is 21.5 Å². The minimum Gasteiger partial charge on any atom is -0.459 e. The molecule has 2 aromatic rings. The standard InChI is InChI=1S/C17H11F5N2O3S/c1-5(2)27-17(26)14-6(3)7(4-23)16(28-14)24-15(25)8-9(18)11(20)13(22)12(21)10(8)19/h5H,1-3H3,(H,24,25). The molecule has 0 unspecified atom stereocenters. The predicted octanol–water partition coefficient (Wildman–Crippen LogP) is 4.44. The Morgan fingerprint density at radius 3 is 2.00 bits per heavy atom. The van der Waals surface area contributed by atoms with Crippen LogP contribution < -0.4 is 5.32 Å². The van der Waals surface area contributed by atoms with Crippen LogP contribution in [-0.4, -0.2) is 18.0 Å². The second-order valence-electron chi connectivity index (χ2n) is 5.73. The third kappa shape index (κ3) is 3.68. The van der Waals surface area contributed by atoms with Crippen LogP contribution >= 0.6 is 11.3 Å². The minimum atomic E-state index is -2.41. The molecule has 1 heterocycles. The number of ether oxygens (including phenoxy) is 1. The molecule has 5 nitrogen and oxygen atoms in total. The van der Waals surface area contributed by atoms with Gasteiger partial charge in [-0.2, -0.15) is 5.26 Å². The molecule has 0 spiro atoms. The van der Waals surface area contributed by atoms with Crippen molar-refractivity contribution in [3.63, 3.8) is 0 Å². The van der Waals surface area contributed by atoms with E-state index in [0.717, 1.165) is 0 Å². The van der Waals surface area contributed by atoms with Gasteiger partial charge in [0.15, 0.2) is 23.3 Å². The van der Waals surface area contributed by atoms with Gasteiger partial charge in [0.05, 0.1) is 11.7 Å². The van der Waals surface area contributed by atoms with Gasteiger partial charge in [-0.3, -0.25) is 4.79 Å². The second-order valence-corrected chi connectivity index (χ2v) is 6.75. The Hall–Kier alpha value is -3.00. The van der Waals surface area contributed by atoms with Crippen LogP contribution in [0.5, 0.6) is 0 Å². The fraction of sp³-hybridized carbons (Fsp3) is 0.235. The van der Waals surface area contributed by atoms with Gasteiger partial charge in [-0.05, 0) is 26.3 Å². The van der Waals surface area contributed by atoms with Gasteiger partial charge in [-0.25, -0.2) is 26.7 Å². The third-order valence-corrected chi connectivity index (χ3v) is 4.64. The SMILES string of the molecule is Cc1c(C(=O)OC(C)C)sc(NC(=O)c2c(F)c(F)c(F)c(F)c2F)c1C#N. The summed E-state index contributed by atoms with van der Waals surface area (Å²) in [5.41, 5.74) is -1.79. The highest BCUT2D eigenvalue weighted by atomic mass is 32.1. The first-order chi connectivity index (χ1) is 13.0. The van der Waals surface area contributed by atoms with Crippen LogP contribution in [0.1, 0.15) is 45.0 Å². The maximum atomic E-state index is 13.8.